The van der Waals surface area contributed by atoms with Gasteiger partial charge in [0.2, 0.25) is 11.8 Å². The third kappa shape index (κ3) is 3.53. The fraction of sp³-hybridized carbons (Fsp3) is 0.0455. The van der Waals surface area contributed by atoms with Gasteiger partial charge in [-0.1, -0.05) is 36.4 Å². The van der Waals surface area contributed by atoms with Gasteiger partial charge in [0.25, 0.3) is 5.91 Å². The predicted octanol–water partition coefficient (Wildman–Crippen LogP) is 5.10. The molecular weight excluding hydrogens is 357 g/mol. The van der Waals surface area contributed by atoms with Crippen LogP contribution in [0.2, 0.25) is 0 Å². The Hall–Kier alpha value is -3.80. The van der Waals surface area contributed by atoms with Gasteiger partial charge in [0.1, 0.15) is 5.82 Å². The molecule has 28 heavy (non-hydrogen) atoms. The molecule has 3 aromatic carbocycles. The molecule has 6 heteroatoms. The quantitative estimate of drug-likeness (QED) is 0.540. The van der Waals surface area contributed by atoms with E-state index in [2.05, 4.69) is 15.5 Å². The molecule has 4 aromatic rings. The normalized spacial score (nSPS) is 10.6. The summed E-state index contributed by atoms with van der Waals surface area (Å²) in [5.41, 5.74) is 3.03. The summed E-state index contributed by atoms with van der Waals surface area (Å²) in [6.07, 6.45) is 0. The highest BCUT2D eigenvalue weighted by atomic mass is 19.1. The van der Waals surface area contributed by atoms with E-state index in [0.29, 0.717) is 23.0 Å². The first-order valence-corrected chi connectivity index (χ1v) is 8.67. The number of rotatable bonds is 4. The van der Waals surface area contributed by atoms with Crippen LogP contribution in [-0.2, 0) is 0 Å². The SMILES string of the molecule is Cc1ccccc1-c1nnc(-c2cccc(NC(=O)c3ccccc3F)c2)o1. The fourth-order valence-electron chi connectivity index (χ4n) is 2.84. The number of halogens is 1. The highest BCUT2D eigenvalue weighted by Gasteiger charge is 2.14. The van der Waals surface area contributed by atoms with Gasteiger partial charge in [-0.3, -0.25) is 4.79 Å². The number of aromatic nitrogens is 2. The molecule has 4 rings (SSSR count). The van der Waals surface area contributed by atoms with Gasteiger partial charge in [0.15, 0.2) is 0 Å². The Morgan fingerprint density at radius 3 is 2.50 bits per heavy atom. The van der Waals surface area contributed by atoms with Gasteiger partial charge in [-0.05, 0) is 48.9 Å². The van der Waals surface area contributed by atoms with Crippen molar-refractivity contribution in [1.29, 1.82) is 0 Å². The number of carbonyl (C=O) groups is 1. The van der Waals surface area contributed by atoms with E-state index in [4.69, 9.17) is 4.42 Å². The molecule has 1 aromatic heterocycles. The van der Waals surface area contributed by atoms with Crippen molar-refractivity contribution in [2.75, 3.05) is 5.32 Å². The molecule has 0 aliphatic heterocycles. The third-order valence-electron chi connectivity index (χ3n) is 4.29. The molecule has 0 aliphatic carbocycles. The molecular formula is C22H16FN3O2. The van der Waals surface area contributed by atoms with Crippen LogP contribution in [0.3, 0.4) is 0 Å². The number of amides is 1. The molecule has 0 aliphatic rings. The zero-order chi connectivity index (χ0) is 19.5. The molecule has 0 spiro atoms. The van der Waals surface area contributed by atoms with Gasteiger partial charge in [-0.25, -0.2) is 4.39 Å². The predicted molar refractivity (Wildman–Crippen MR) is 104 cm³/mol. The minimum absolute atomic E-state index is 0.0208. The van der Waals surface area contributed by atoms with Gasteiger partial charge >= 0.3 is 0 Å². The van der Waals surface area contributed by atoms with Crippen molar-refractivity contribution in [3.63, 3.8) is 0 Å². The van der Waals surface area contributed by atoms with Crippen LogP contribution >= 0.6 is 0 Å². The molecule has 5 nitrogen and oxygen atoms in total. The highest BCUT2D eigenvalue weighted by molar-refractivity contribution is 6.04. The third-order valence-corrected chi connectivity index (χ3v) is 4.29. The van der Waals surface area contributed by atoms with Crippen molar-refractivity contribution < 1.29 is 13.6 Å². The standard InChI is InChI=1S/C22H16FN3O2/c1-14-7-2-3-10-17(14)22-26-25-21(28-22)15-8-6-9-16(13-15)24-20(27)18-11-4-5-12-19(18)23/h2-13H,1H3,(H,24,27). The summed E-state index contributed by atoms with van der Waals surface area (Å²) < 4.78 is 19.6. The largest absolute Gasteiger partial charge is 0.416 e. The van der Waals surface area contributed by atoms with E-state index in [1.807, 2.05) is 31.2 Å². The lowest BCUT2D eigenvalue weighted by molar-refractivity contribution is 0.102. The molecule has 1 heterocycles. The van der Waals surface area contributed by atoms with Crippen molar-refractivity contribution in [3.8, 4) is 22.9 Å². The van der Waals surface area contributed by atoms with Crippen LogP contribution in [0, 0.1) is 12.7 Å². The van der Waals surface area contributed by atoms with Crippen molar-refractivity contribution >= 4 is 11.6 Å². The first-order chi connectivity index (χ1) is 13.6. The van der Waals surface area contributed by atoms with E-state index in [1.54, 1.807) is 30.3 Å². The molecule has 1 N–H and O–H groups in total. The number of hydrogen-bond acceptors (Lipinski definition) is 4. The Balaban J connectivity index is 1.59. The van der Waals surface area contributed by atoms with Crippen LogP contribution in [0.15, 0.2) is 77.2 Å². The van der Waals surface area contributed by atoms with Crippen LogP contribution in [0.25, 0.3) is 22.9 Å². The maximum atomic E-state index is 13.8. The second-order valence-electron chi connectivity index (χ2n) is 6.24. The summed E-state index contributed by atoms with van der Waals surface area (Å²) in [6.45, 7) is 1.97. The molecule has 138 valence electrons. The van der Waals surface area contributed by atoms with E-state index in [9.17, 15) is 9.18 Å². The number of benzene rings is 3. The second kappa shape index (κ2) is 7.44. The Labute approximate surface area is 160 Å². The van der Waals surface area contributed by atoms with Crippen molar-refractivity contribution in [1.82, 2.24) is 10.2 Å². The lowest BCUT2D eigenvalue weighted by Gasteiger charge is -2.07. The fourth-order valence-corrected chi connectivity index (χ4v) is 2.84. The summed E-state index contributed by atoms with van der Waals surface area (Å²) in [4.78, 5) is 12.3. The molecule has 0 radical (unpaired) electrons. The van der Waals surface area contributed by atoms with E-state index < -0.39 is 11.7 Å². The summed E-state index contributed by atoms with van der Waals surface area (Å²) in [5, 5.41) is 10.9. The monoisotopic (exact) mass is 373 g/mol. The maximum Gasteiger partial charge on any atom is 0.258 e. The van der Waals surface area contributed by atoms with Crippen molar-refractivity contribution in [2.24, 2.45) is 0 Å². The minimum atomic E-state index is -0.573. The van der Waals surface area contributed by atoms with Crippen molar-refractivity contribution in [2.45, 2.75) is 6.92 Å². The molecule has 0 saturated heterocycles. The molecule has 1 amide bonds. The molecule has 0 fully saturated rings. The van der Waals surface area contributed by atoms with Crippen LogP contribution < -0.4 is 5.32 Å². The smallest absolute Gasteiger partial charge is 0.258 e. The first-order valence-electron chi connectivity index (χ1n) is 8.67. The molecule has 0 saturated carbocycles. The Kier molecular flexibility index (Phi) is 4.68. The van der Waals surface area contributed by atoms with Gasteiger partial charge in [-0.15, -0.1) is 10.2 Å². The summed E-state index contributed by atoms with van der Waals surface area (Å²) in [5.74, 6) is -0.341. The number of nitrogens with zero attached hydrogens (tertiary/aromatic N) is 2. The van der Waals surface area contributed by atoms with Gasteiger partial charge in [-0.2, -0.15) is 0 Å². The number of carbonyl (C=O) groups excluding carboxylic acids is 1. The van der Waals surface area contributed by atoms with E-state index in [1.165, 1.54) is 18.2 Å². The maximum absolute atomic E-state index is 13.8. The van der Waals surface area contributed by atoms with Crippen molar-refractivity contribution in [3.05, 3.63) is 89.7 Å². The van der Waals surface area contributed by atoms with Gasteiger partial charge in [0, 0.05) is 16.8 Å². The zero-order valence-corrected chi connectivity index (χ0v) is 15.0. The summed E-state index contributed by atoms with van der Waals surface area (Å²) >= 11 is 0. The number of nitrogens with one attached hydrogen (secondary N) is 1. The average Bonchev–Trinajstić information content (AvgIpc) is 3.19. The van der Waals surface area contributed by atoms with E-state index in [-0.39, 0.29) is 5.56 Å². The summed E-state index contributed by atoms with van der Waals surface area (Å²) in [7, 11) is 0. The van der Waals surface area contributed by atoms with Crippen LogP contribution in [0.4, 0.5) is 10.1 Å². The Morgan fingerprint density at radius 1 is 0.929 bits per heavy atom. The number of aryl methyl sites for hydroxylation is 1. The summed E-state index contributed by atoms with van der Waals surface area (Å²) in [6, 6.07) is 20.5. The average molecular weight is 373 g/mol. The topological polar surface area (TPSA) is 68.0 Å². The van der Waals surface area contributed by atoms with Gasteiger partial charge < -0.3 is 9.73 Å². The number of anilines is 1. The van der Waals surface area contributed by atoms with Crippen LogP contribution in [0.1, 0.15) is 15.9 Å². The second-order valence-corrected chi connectivity index (χ2v) is 6.24. The first kappa shape index (κ1) is 17.6. The zero-order valence-electron chi connectivity index (χ0n) is 15.0. The Morgan fingerprint density at radius 2 is 1.68 bits per heavy atom. The van der Waals surface area contributed by atoms with E-state index in [0.717, 1.165) is 11.1 Å². The lowest BCUT2D eigenvalue weighted by atomic mass is 10.1. The van der Waals surface area contributed by atoms with Crippen LogP contribution in [0.5, 0.6) is 0 Å². The molecule has 0 bridgehead atoms. The van der Waals surface area contributed by atoms with Crippen LogP contribution in [-0.4, -0.2) is 16.1 Å². The number of hydrogen-bond donors (Lipinski definition) is 1. The van der Waals surface area contributed by atoms with E-state index >= 15 is 0 Å². The van der Waals surface area contributed by atoms with Gasteiger partial charge in [0.05, 0.1) is 5.56 Å². The molecule has 0 unspecified atom stereocenters. The highest BCUT2D eigenvalue weighted by Crippen LogP contribution is 2.27. The lowest BCUT2D eigenvalue weighted by Crippen LogP contribution is -2.13. The minimum Gasteiger partial charge on any atom is -0.416 e. The Bertz CT molecular complexity index is 1150. The molecule has 0 atom stereocenters.